The highest BCUT2D eigenvalue weighted by molar-refractivity contribution is 7.99. The van der Waals surface area contributed by atoms with Crippen LogP contribution in [0.4, 0.5) is 5.69 Å². The van der Waals surface area contributed by atoms with Crippen molar-refractivity contribution in [1.29, 1.82) is 0 Å². The number of carbonyl (C=O) groups excluding carboxylic acids is 1. The molecule has 2 N–H and O–H groups in total. The minimum Gasteiger partial charge on any atom is -0.465 e. The molecule has 0 aliphatic rings. The van der Waals surface area contributed by atoms with Crippen molar-refractivity contribution < 1.29 is 9.53 Å². The van der Waals surface area contributed by atoms with Gasteiger partial charge in [0.2, 0.25) is 0 Å². The second kappa shape index (κ2) is 5.80. The highest BCUT2D eigenvalue weighted by Crippen LogP contribution is 2.35. The van der Waals surface area contributed by atoms with E-state index in [9.17, 15) is 4.79 Å². The van der Waals surface area contributed by atoms with Crippen LogP contribution < -0.4 is 5.73 Å². The summed E-state index contributed by atoms with van der Waals surface area (Å²) in [6.45, 7) is 2.04. The molecule has 0 aromatic heterocycles. The topological polar surface area (TPSA) is 52.3 Å². The van der Waals surface area contributed by atoms with Gasteiger partial charge in [0.05, 0.1) is 18.4 Å². The molecule has 98 valence electrons. The lowest BCUT2D eigenvalue weighted by Gasteiger charge is -2.10. The van der Waals surface area contributed by atoms with Gasteiger partial charge in [-0.1, -0.05) is 36.0 Å². The van der Waals surface area contributed by atoms with Crippen molar-refractivity contribution in [3.63, 3.8) is 0 Å². The largest absolute Gasteiger partial charge is 0.465 e. The van der Waals surface area contributed by atoms with Crippen LogP contribution in [0.5, 0.6) is 0 Å². The van der Waals surface area contributed by atoms with E-state index in [0.29, 0.717) is 11.3 Å². The van der Waals surface area contributed by atoms with Crippen molar-refractivity contribution in [3.05, 3.63) is 53.6 Å². The second-order valence-corrected chi connectivity index (χ2v) is 5.16. The zero-order valence-corrected chi connectivity index (χ0v) is 11.7. The zero-order chi connectivity index (χ0) is 13.8. The number of aryl methyl sites for hydroxylation is 1. The lowest BCUT2D eigenvalue weighted by molar-refractivity contribution is 0.0601. The third kappa shape index (κ3) is 2.90. The van der Waals surface area contributed by atoms with Crippen molar-refractivity contribution in [3.8, 4) is 0 Å². The third-order valence-corrected chi connectivity index (χ3v) is 4.04. The van der Waals surface area contributed by atoms with Crippen LogP contribution in [0, 0.1) is 6.92 Å². The molecule has 0 saturated carbocycles. The molecule has 2 aromatic rings. The van der Waals surface area contributed by atoms with E-state index < -0.39 is 5.97 Å². The average molecular weight is 273 g/mol. The monoisotopic (exact) mass is 273 g/mol. The van der Waals surface area contributed by atoms with Gasteiger partial charge in [0, 0.05) is 9.79 Å². The number of para-hydroxylation sites is 1. The number of hydrogen-bond donors (Lipinski definition) is 1. The van der Waals surface area contributed by atoms with Crippen molar-refractivity contribution in [1.82, 2.24) is 0 Å². The molecule has 2 aromatic carbocycles. The highest BCUT2D eigenvalue weighted by Gasteiger charge is 2.13. The number of ether oxygens (including phenoxy) is 1. The van der Waals surface area contributed by atoms with Crippen LogP contribution >= 0.6 is 11.8 Å². The lowest BCUT2D eigenvalue weighted by Crippen LogP contribution is -2.06. The molecule has 2 rings (SSSR count). The number of rotatable bonds is 3. The predicted octanol–water partition coefficient (Wildman–Crippen LogP) is 3.52. The van der Waals surface area contributed by atoms with Gasteiger partial charge >= 0.3 is 5.97 Å². The van der Waals surface area contributed by atoms with Crippen molar-refractivity contribution in [2.75, 3.05) is 12.8 Å². The molecule has 3 nitrogen and oxygen atoms in total. The fraction of sp³-hybridized carbons (Fsp3) is 0.133. The summed E-state index contributed by atoms with van der Waals surface area (Å²) in [6, 6.07) is 13.4. The van der Waals surface area contributed by atoms with Crippen molar-refractivity contribution >= 4 is 23.4 Å². The van der Waals surface area contributed by atoms with Gasteiger partial charge in [0.1, 0.15) is 0 Å². The van der Waals surface area contributed by atoms with E-state index >= 15 is 0 Å². The molecule has 0 radical (unpaired) electrons. The summed E-state index contributed by atoms with van der Waals surface area (Å²) >= 11 is 1.55. The first-order valence-electron chi connectivity index (χ1n) is 5.83. The lowest BCUT2D eigenvalue weighted by atomic mass is 10.2. The van der Waals surface area contributed by atoms with Gasteiger partial charge in [0.25, 0.3) is 0 Å². The Labute approximate surface area is 116 Å². The maximum Gasteiger partial charge on any atom is 0.339 e. The molecule has 0 fully saturated rings. The van der Waals surface area contributed by atoms with Crippen LogP contribution in [-0.4, -0.2) is 13.1 Å². The van der Waals surface area contributed by atoms with Crippen LogP contribution in [0.25, 0.3) is 0 Å². The van der Waals surface area contributed by atoms with E-state index in [0.717, 1.165) is 9.79 Å². The summed E-state index contributed by atoms with van der Waals surface area (Å²) in [4.78, 5) is 13.6. The van der Waals surface area contributed by atoms with Gasteiger partial charge in [-0.05, 0) is 30.7 Å². The summed E-state index contributed by atoms with van der Waals surface area (Å²) in [5.41, 5.74) is 8.08. The first-order chi connectivity index (χ1) is 9.13. The molecule has 0 bridgehead atoms. The molecule has 0 heterocycles. The van der Waals surface area contributed by atoms with Gasteiger partial charge in [0.15, 0.2) is 0 Å². The Kier molecular flexibility index (Phi) is 4.12. The van der Waals surface area contributed by atoms with Gasteiger partial charge in [-0.3, -0.25) is 0 Å². The normalized spacial score (nSPS) is 10.2. The first kappa shape index (κ1) is 13.5. The predicted molar refractivity (Wildman–Crippen MR) is 77.5 cm³/mol. The van der Waals surface area contributed by atoms with Crippen molar-refractivity contribution in [2.45, 2.75) is 16.7 Å². The fourth-order valence-corrected chi connectivity index (χ4v) is 2.69. The van der Waals surface area contributed by atoms with Crippen LogP contribution in [0.1, 0.15) is 15.9 Å². The van der Waals surface area contributed by atoms with Crippen LogP contribution in [-0.2, 0) is 4.74 Å². The molecular formula is C15H15NO2S. The molecule has 19 heavy (non-hydrogen) atoms. The molecule has 0 amide bonds. The molecule has 0 saturated heterocycles. The highest BCUT2D eigenvalue weighted by atomic mass is 32.2. The summed E-state index contributed by atoms with van der Waals surface area (Å²) in [5.74, 6) is -0.412. The standard InChI is InChI=1S/C15H15NO2S/c1-10-6-3-4-8-12(10)19-13-9-5-7-11(14(13)16)15(17)18-2/h3-9H,16H2,1-2H3. The SMILES string of the molecule is COC(=O)c1cccc(Sc2ccccc2C)c1N. The summed E-state index contributed by atoms with van der Waals surface area (Å²) in [7, 11) is 1.35. The van der Waals surface area contributed by atoms with Crippen LogP contribution in [0.3, 0.4) is 0 Å². The number of nitrogen functional groups attached to an aromatic ring is 1. The molecule has 0 spiro atoms. The summed E-state index contributed by atoms with van der Waals surface area (Å²) in [5, 5.41) is 0. The molecule has 0 atom stereocenters. The number of hydrogen-bond acceptors (Lipinski definition) is 4. The molecule has 0 unspecified atom stereocenters. The minimum absolute atomic E-state index is 0.404. The van der Waals surface area contributed by atoms with E-state index in [2.05, 4.69) is 0 Å². The number of carbonyl (C=O) groups is 1. The number of nitrogens with two attached hydrogens (primary N) is 1. The Morgan fingerprint density at radius 3 is 2.47 bits per heavy atom. The van der Waals surface area contributed by atoms with E-state index in [4.69, 9.17) is 10.5 Å². The number of benzene rings is 2. The number of anilines is 1. The number of esters is 1. The van der Waals surface area contributed by atoms with E-state index in [-0.39, 0.29) is 0 Å². The Morgan fingerprint density at radius 1 is 1.11 bits per heavy atom. The quantitative estimate of drug-likeness (QED) is 0.686. The van der Waals surface area contributed by atoms with Crippen LogP contribution in [0.2, 0.25) is 0 Å². The maximum absolute atomic E-state index is 11.6. The van der Waals surface area contributed by atoms with Crippen LogP contribution in [0.15, 0.2) is 52.3 Å². The zero-order valence-electron chi connectivity index (χ0n) is 10.8. The van der Waals surface area contributed by atoms with Crippen molar-refractivity contribution in [2.24, 2.45) is 0 Å². The Morgan fingerprint density at radius 2 is 1.79 bits per heavy atom. The fourth-order valence-electron chi connectivity index (χ4n) is 1.71. The number of methoxy groups -OCH3 is 1. The van der Waals surface area contributed by atoms with Gasteiger partial charge in [-0.2, -0.15) is 0 Å². The van der Waals surface area contributed by atoms with E-state index in [1.807, 2.05) is 43.3 Å². The molecular weight excluding hydrogens is 258 g/mol. The molecule has 4 heteroatoms. The summed E-state index contributed by atoms with van der Waals surface area (Å²) in [6.07, 6.45) is 0. The third-order valence-electron chi connectivity index (χ3n) is 2.78. The van der Waals surface area contributed by atoms with Gasteiger partial charge in [-0.15, -0.1) is 0 Å². The molecule has 0 aliphatic heterocycles. The Bertz CT molecular complexity index is 611. The summed E-state index contributed by atoms with van der Waals surface area (Å²) < 4.78 is 4.72. The van der Waals surface area contributed by atoms with Gasteiger partial charge < -0.3 is 10.5 Å². The minimum atomic E-state index is -0.412. The Balaban J connectivity index is 2.37. The first-order valence-corrected chi connectivity index (χ1v) is 6.65. The van der Waals surface area contributed by atoms with E-state index in [1.165, 1.54) is 12.7 Å². The smallest absolute Gasteiger partial charge is 0.339 e. The second-order valence-electron chi connectivity index (χ2n) is 4.08. The van der Waals surface area contributed by atoms with E-state index in [1.54, 1.807) is 17.8 Å². The maximum atomic E-state index is 11.6. The average Bonchev–Trinajstić information content (AvgIpc) is 2.42. The Hall–Kier alpha value is -1.94. The molecule has 0 aliphatic carbocycles. The van der Waals surface area contributed by atoms with Gasteiger partial charge in [-0.25, -0.2) is 4.79 Å².